The number of hydrogen-bond donors (Lipinski definition) is 2. The summed E-state index contributed by atoms with van der Waals surface area (Å²) in [5.41, 5.74) is 6.87. The van der Waals surface area contributed by atoms with Crippen LogP contribution in [0.2, 0.25) is 0 Å². The van der Waals surface area contributed by atoms with Gasteiger partial charge in [-0.2, -0.15) is 0 Å². The molecule has 0 bridgehead atoms. The van der Waals surface area contributed by atoms with Crippen LogP contribution in [-0.2, 0) is 6.54 Å². The number of thiophene rings is 1. The second-order valence-corrected chi connectivity index (χ2v) is 5.69. The van der Waals surface area contributed by atoms with Gasteiger partial charge < -0.3 is 11.1 Å². The van der Waals surface area contributed by atoms with Gasteiger partial charge in [0.1, 0.15) is 5.82 Å². The number of pyridine rings is 1. The number of hydrogen-bond acceptors (Lipinski definition) is 4. The number of aromatic nitrogens is 1. The maximum absolute atomic E-state index is 11.0. The number of carbonyl (C=O) groups is 1. The Morgan fingerprint density at radius 3 is 2.94 bits per heavy atom. The van der Waals surface area contributed by atoms with Crippen LogP contribution in [0, 0.1) is 6.92 Å². The van der Waals surface area contributed by atoms with Gasteiger partial charge in [-0.25, -0.2) is 4.98 Å². The van der Waals surface area contributed by atoms with Crippen LogP contribution in [0.25, 0.3) is 0 Å². The quantitative estimate of drug-likeness (QED) is 0.908. The zero-order chi connectivity index (χ0) is 13.1. The van der Waals surface area contributed by atoms with Crippen LogP contribution >= 0.6 is 27.3 Å². The molecule has 2 rings (SSSR count). The maximum Gasteiger partial charge on any atom is 0.249 e. The highest BCUT2D eigenvalue weighted by molar-refractivity contribution is 9.10. The van der Waals surface area contributed by atoms with Gasteiger partial charge in [-0.05, 0) is 40.5 Å². The van der Waals surface area contributed by atoms with Gasteiger partial charge >= 0.3 is 0 Å². The number of nitrogens with two attached hydrogens (primary N) is 1. The van der Waals surface area contributed by atoms with Crippen LogP contribution in [0.5, 0.6) is 0 Å². The number of anilines is 1. The van der Waals surface area contributed by atoms with Gasteiger partial charge in [-0.1, -0.05) is 0 Å². The van der Waals surface area contributed by atoms with Crippen molar-refractivity contribution in [3.8, 4) is 0 Å². The van der Waals surface area contributed by atoms with E-state index in [9.17, 15) is 4.79 Å². The zero-order valence-electron chi connectivity index (χ0n) is 9.74. The van der Waals surface area contributed by atoms with Crippen LogP contribution in [0.15, 0.2) is 28.2 Å². The molecule has 6 heteroatoms. The van der Waals surface area contributed by atoms with Crippen molar-refractivity contribution in [1.29, 1.82) is 0 Å². The largest absolute Gasteiger partial charge is 0.366 e. The summed E-state index contributed by atoms with van der Waals surface area (Å²) in [6.45, 7) is 2.64. The molecule has 0 aliphatic heterocycles. The first kappa shape index (κ1) is 13.0. The number of nitrogens with zero attached hydrogens (tertiary/aromatic N) is 1. The van der Waals surface area contributed by atoms with Gasteiger partial charge in [0.05, 0.1) is 12.1 Å². The Bertz CT molecular complexity index is 582. The summed E-state index contributed by atoms with van der Waals surface area (Å²) >= 11 is 4.91. The zero-order valence-corrected chi connectivity index (χ0v) is 12.1. The van der Waals surface area contributed by atoms with Crippen LogP contribution < -0.4 is 11.1 Å². The first-order chi connectivity index (χ1) is 8.56. The van der Waals surface area contributed by atoms with Crippen molar-refractivity contribution in [1.82, 2.24) is 4.98 Å². The van der Waals surface area contributed by atoms with Gasteiger partial charge in [0, 0.05) is 20.9 Å². The second-order valence-electron chi connectivity index (χ2n) is 3.84. The molecule has 94 valence electrons. The average molecular weight is 326 g/mol. The molecule has 0 saturated carbocycles. The highest BCUT2D eigenvalue weighted by atomic mass is 79.9. The Labute approximate surface area is 117 Å². The highest BCUT2D eigenvalue weighted by Gasteiger charge is 2.05. The third-order valence-corrected chi connectivity index (χ3v) is 4.20. The monoisotopic (exact) mass is 325 g/mol. The lowest BCUT2D eigenvalue weighted by Crippen LogP contribution is -2.09. The van der Waals surface area contributed by atoms with E-state index in [0.717, 1.165) is 20.7 Å². The van der Waals surface area contributed by atoms with Gasteiger partial charge in [0.2, 0.25) is 5.91 Å². The van der Waals surface area contributed by atoms with Gasteiger partial charge in [-0.3, -0.25) is 4.79 Å². The SMILES string of the molecule is Cc1cc(NCc2cc(C(N)=O)cs2)ncc1Br. The second kappa shape index (κ2) is 5.49. The minimum atomic E-state index is -0.393. The smallest absolute Gasteiger partial charge is 0.249 e. The first-order valence-corrected chi connectivity index (χ1v) is 6.97. The standard InChI is InChI=1S/C12H12BrN3OS/c1-7-2-11(16-5-10(7)13)15-4-9-3-8(6-18-9)12(14)17/h2-3,5-6H,4H2,1H3,(H2,14,17)(H,15,16). The molecule has 0 spiro atoms. The molecule has 18 heavy (non-hydrogen) atoms. The van der Waals surface area contributed by atoms with E-state index in [1.165, 1.54) is 11.3 Å². The Kier molecular flexibility index (Phi) is 3.98. The number of aryl methyl sites for hydroxylation is 1. The molecular weight excluding hydrogens is 314 g/mol. The average Bonchev–Trinajstić information content (AvgIpc) is 2.79. The highest BCUT2D eigenvalue weighted by Crippen LogP contribution is 2.19. The van der Waals surface area contributed by atoms with E-state index >= 15 is 0 Å². The Morgan fingerprint density at radius 1 is 1.56 bits per heavy atom. The fraction of sp³-hybridized carbons (Fsp3) is 0.167. The summed E-state index contributed by atoms with van der Waals surface area (Å²) in [7, 11) is 0. The van der Waals surface area contributed by atoms with E-state index < -0.39 is 5.91 Å². The summed E-state index contributed by atoms with van der Waals surface area (Å²) in [5, 5.41) is 4.97. The number of amides is 1. The molecular formula is C12H12BrN3OS. The van der Waals surface area contributed by atoms with Crippen LogP contribution in [0.1, 0.15) is 20.8 Å². The Morgan fingerprint density at radius 2 is 2.33 bits per heavy atom. The summed E-state index contributed by atoms with van der Waals surface area (Å²) < 4.78 is 0.986. The fourth-order valence-corrected chi connectivity index (χ4v) is 2.45. The molecule has 0 aromatic carbocycles. The number of halogens is 1. The van der Waals surface area contributed by atoms with E-state index in [2.05, 4.69) is 26.2 Å². The maximum atomic E-state index is 11.0. The van der Waals surface area contributed by atoms with E-state index in [1.807, 2.05) is 13.0 Å². The van der Waals surface area contributed by atoms with E-state index in [0.29, 0.717) is 12.1 Å². The van der Waals surface area contributed by atoms with Gasteiger partial charge in [0.15, 0.2) is 0 Å². The van der Waals surface area contributed by atoms with E-state index in [1.54, 1.807) is 17.6 Å². The molecule has 3 N–H and O–H groups in total. The van der Waals surface area contributed by atoms with Crippen molar-refractivity contribution < 1.29 is 4.79 Å². The predicted octanol–water partition coefficient (Wildman–Crippen LogP) is 2.93. The third kappa shape index (κ3) is 3.08. The van der Waals surface area contributed by atoms with Crippen molar-refractivity contribution in [2.75, 3.05) is 5.32 Å². The molecule has 0 saturated heterocycles. The molecule has 2 aromatic heterocycles. The normalized spacial score (nSPS) is 10.3. The Balaban J connectivity index is 2.02. The molecule has 0 fully saturated rings. The van der Waals surface area contributed by atoms with Crippen molar-refractivity contribution in [3.63, 3.8) is 0 Å². The minimum absolute atomic E-state index is 0.393. The minimum Gasteiger partial charge on any atom is -0.366 e. The molecule has 0 unspecified atom stereocenters. The van der Waals surface area contributed by atoms with Crippen molar-refractivity contribution >= 4 is 39.0 Å². The van der Waals surface area contributed by atoms with Crippen LogP contribution in [-0.4, -0.2) is 10.9 Å². The summed E-state index contributed by atoms with van der Waals surface area (Å²) in [5.74, 6) is 0.417. The molecule has 2 aromatic rings. The molecule has 0 aliphatic rings. The molecule has 4 nitrogen and oxygen atoms in total. The summed E-state index contributed by atoms with van der Waals surface area (Å²) in [6.07, 6.45) is 1.76. The topological polar surface area (TPSA) is 68.0 Å². The van der Waals surface area contributed by atoms with Gasteiger partial charge in [-0.15, -0.1) is 11.3 Å². The molecule has 2 heterocycles. The predicted molar refractivity (Wildman–Crippen MR) is 76.8 cm³/mol. The third-order valence-electron chi connectivity index (χ3n) is 2.43. The number of nitrogens with one attached hydrogen (secondary N) is 1. The van der Waals surface area contributed by atoms with Crippen LogP contribution in [0.4, 0.5) is 5.82 Å². The summed E-state index contributed by atoms with van der Waals surface area (Å²) in [6, 6.07) is 3.76. The first-order valence-electron chi connectivity index (χ1n) is 5.29. The Hall–Kier alpha value is -1.40. The molecule has 1 amide bonds. The lowest BCUT2D eigenvalue weighted by atomic mass is 10.3. The van der Waals surface area contributed by atoms with Gasteiger partial charge in [0.25, 0.3) is 0 Å². The van der Waals surface area contributed by atoms with Crippen LogP contribution in [0.3, 0.4) is 0 Å². The lowest BCUT2D eigenvalue weighted by Gasteiger charge is -2.05. The lowest BCUT2D eigenvalue weighted by molar-refractivity contribution is 0.100. The fourth-order valence-electron chi connectivity index (χ4n) is 1.42. The van der Waals surface area contributed by atoms with Crippen molar-refractivity contribution in [2.24, 2.45) is 5.73 Å². The molecule has 0 radical (unpaired) electrons. The number of primary amides is 1. The number of rotatable bonds is 4. The molecule has 0 atom stereocenters. The van der Waals surface area contributed by atoms with Crippen molar-refractivity contribution in [3.05, 3.63) is 44.2 Å². The van der Waals surface area contributed by atoms with E-state index in [4.69, 9.17) is 5.73 Å². The number of carbonyl (C=O) groups excluding carboxylic acids is 1. The summed E-state index contributed by atoms with van der Waals surface area (Å²) in [4.78, 5) is 16.3. The van der Waals surface area contributed by atoms with Crippen molar-refractivity contribution in [2.45, 2.75) is 13.5 Å². The molecule has 0 aliphatic carbocycles. The van der Waals surface area contributed by atoms with E-state index in [-0.39, 0.29) is 0 Å².